The summed E-state index contributed by atoms with van der Waals surface area (Å²) in [6.45, 7) is 0.306. The molecule has 0 bridgehead atoms. The molecule has 0 radical (unpaired) electrons. The molecule has 0 aliphatic rings. The molecule has 0 fully saturated rings. The number of anilines is 1. The van der Waals surface area contributed by atoms with Gasteiger partial charge in [0.1, 0.15) is 0 Å². The average molecular weight is 272 g/mol. The van der Waals surface area contributed by atoms with E-state index in [4.69, 9.17) is 10.8 Å². The van der Waals surface area contributed by atoms with E-state index in [1.54, 1.807) is 12.1 Å². The SMILES string of the molecule is NC(=O)c1nccnc1NCc1cccc(C(=O)O)c1. The third-order valence-electron chi connectivity index (χ3n) is 2.57. The predicted molar refractivity (Wildman–Crippen MR) is 71.3 cm³/mol. The quantitative estimate of drug-likeness (QED) is 0.743. The van der Waals surface area contributed by atoms with Gasteiger partial charge in [-0.2, -0.15) is 0 Å². The summed E-state index contributed by atoms with van der Waals surface area (Å²) in [5.41, 5.74) is 6.17. The Morgan fingerprint density at radius 2 is 2.00 bits per heavy atom. The largest absolute Gasteiger partial charge is 0.478 e. The monoisotopic (exact) mass is 272 g/mol. The Morgan fingerprint density at radius 3 is 2.70 bits per heavy atom. The number of hydrogen-bond donors (Lipinski definition) is 3. The van der Waals surface area contributed by atoms with Crippen molar-refractivity contribution in [3.05, 3.63) is 53.5 Å². The molecule has 102 valence electrons. The fraction of sp³-hybridized carbons (Fsp3) is 0.0769. The van der Waals surface area contributed by atoms with Crippen LogP contribution in [0.4, 0.5) is 5.82 Å². The highest BCUT2D eigenvalue weighted by Crippen LogP contribution is 2.11. The topological polar surface area (TPSA) is 118 Å². The minimum atomic E-state index is -0.996. The van der Waals surface area contributed by atoms with Crippen molar-refractivity contribution in [2.75, 3.05) is 5.32 Å². The molecule has 1 heterocycles. The Kier molecular flexibility index (Phi) is 3.90. The second kappa shape index (κ2) is 5.79. The summed E-state index contributed by atoms with van der Waals surface area (Å²) in [6.07, 6.45) is 2.80. The molecule has 20 heavy (non-hydrogen) atoms. The lowest BCUT2D eigenvalue weighted by atomic mass is 10.1. The Morgan fingerprint density at radius 1 is 1.25 bits per heavy atom. The van der Waals surface area contributed by atoms with Crippen LogP contribution >= 0.6 is 0 Å². The standard InChI is InChI=1S/C13H12N4O3/c14-11(18)10-12(16-5-4-15-10)17-7-8-2-1-3-9(6-8)13(19)20/h1-6H,7H2,(H2,14,18)(H,16,17)(H,19,20). The van der Waals surface area contributed by atoms with Gasteiger partial charge in [0.2, 0.25) is 0 Å². The second-order valence-corrected chi connectivity index (χ2v) is 3.98. The van der Waals surface area contributed by atoms with Crippen molar-refractivity contribution in [1.82, 2.24) is 9.97 Å². The van der Waals surface area contributed by atoms with E-state index in [9.17, 15) is 9.59 Å². The van der Waals surface area contributed by atoms with Gasteiger partial charge in [0.05, 0.1) is 5.56 Å². The first-order chi connectivity index (χ1) is 9.58. The van der Waals surface area contributed by atoms with Crippen molar-refractivity contribution >= 4 is 17.7 Å². The molecule has 0 aliphatic carbocycles. The Hall–Kier alpha value is -2.96. The summed E-state index contributed by atoms with van der Waals surface area (Å²) < 4.78 is 0. The van der Waals surface area contributed by atoms with Crippen molar-refractivity contribution in [3.8, 4) is 0 Å². The lowest BCUT2D eigenvalue weighted by Crippen LogP contribution is -2.17. The van der Waals surface area contributed by atoms with Gasteiger partial charge < -0.3 is 16.2 Å². The van der Waals surface area contributed by atoms with Crippen LogP contribution in [0.15, 0.2) is 36.7 Å². The van der Waals surface area contributed by atoms with Crippen LogP contribution in [-0.4, -0.2) is 27.0 Å². The first-order valence-corrected chi connectivity index (χ1v) is 5.75. The molecule has 0 spiro atoms. The van der Waals surface area contributed by atoms with Crippen molar-refractivity contribution in [2.24, 2.45) is 5.73 Å². The number of aromatic carboxylic acids is 1. The van der Waals surface area contributed by atoms with E-state index in [0.717, 1.165) is 5.56 Å². The van der Waals surface area contributed by atoms with Gasteiger partial charge in [0.15, 0.2) is 11.5 Å². The Labute approximate surface area is 114 Å². The molecule has 2 rings (SSSR count). The summed E-state index contributed by atoms with van der Waals surface area (Å²) in [6, 6.07) is 6.45. The number of carbonyl (C=O) groups excluding carboxylic acids is 1. The van der Waals surface area contributed by atoms with E-state index in [1.165, 1.54) is 24.5 Å². The number of hydrogen-bond acceptors (Lipinski definition) is 5. The number of amides is 1. The van der Waals surface area contributed by atoms with Gasteiger partial charge in [0.25, 0.3) is 5.91 Å². The van der Waals surface area contributed by atoms with Crippen LogP contribution < -0.4 is 11.1 Å². The number of rotatable bonds is 5. The third-order valence-corrected chi connectivity index (χ3v) is 2.57. The maximum atomic E-state index is 11.2. The molecule has 0 saturated carbocycles. The molecule has 7 heteroatoms. The van der Waals surface area contributed by atoms with Gasteiger partial charge in [-0.05, 0) is 17.7 Å². The van der Waals surface area contributed by atoms with Crippen LogP contribution in [0.3, 0.4) is 0 Å². The summed E-state index contributed by atoms with van der Waals surface area (Å²) in [5.74, 6) is -1.41. The van der Waals surface area contributed by atoms with Gasteiger partial charge in [-0.15, -0.1) is 0 Å². The Bertz CT molecular complexity index is 658. The number of carboxylic acid groups (broad SMARTS) is 1. The van der Waals surface area contributed by atoms with Crippen LogP contribution in [0.5, 0.6) is 0 Å². The van der Waals surface area contributed by atoms with Gasteiger partial charge >= 0.3 is 5.97 Å². The Balaban J connectivity index is 2.15. The molecule has 4 N–H and O–H groups in total. The summed E-state index contributed by atoms with van der Waals surface area (Å²) in [5, 5.41) is 11.8. The zero-order valence-corrected chi connectivity index (χ0v) is 10.4. The van der Waals surface area contributed by atoms with E-state index in [0.29, 0.717) is 6.54 Å². The lowest BCUT2D eigenvalue weighted by Gasteiger charge is -2.08. The van der Waals surface area contributed by atoms with E-state index in [1.807, 2.05) is 0 Å². The number of nitrogens with two attached hydrogens (primary N) is 1. The zero-order chi connectivity index (χ0) is 14.5. The van der Waals surface area contributed by atoms with Crippen LogP contribution in [0.25, 0.3) is 0 Å². The lowest BCUT2D eigenvalue weighted by molar-refractivity contribution is 0.0696. The molecule has 0 aliphatic heterocycles. The van der Waals surface area contributed by atoms with Gasteiger partial charge in [0, 0.05) is 18.9 Å². The van der Waals surface area contributed by atoms with Crippen molar-refractivity contribution in [1.29, 1.82) is 0 Å². The van der Waals surface area contributed by atoms with Gasteiger partial charge in [-0.25, -0.2) is 14.8 Å². The minimum Gasteiger partial charge on any atom is -0.478 e. The van der Waals surface area contributed by atoms with Crippen LogP contribution in [0.1, 0.15) is 26.4 Å². The molecule has 2 aromatic rings. The average Bonchev–Trinajstić information content (AvgIpc) is 2.45. The normalized spacial score (nSPS) is 10.0. The highest BCUT2D eigenvalue weighted by Gasteiger charge is 2.10. The van der Waals surface area contributed by atoms with Crippen LogP contribution in [-0.2, 0) is 6.54 Å². The van der Waals surface area contributed by atoms with E-state index >= 15 is 0 Å². The molecular formula is C13H12N4O3. The first-order valence-electron chi connectivity index (χ1n) is 5.75. The molecule has 1 aromatic heterocycles. The van der Waals surface area contributed by atoms with E-state index < -0.39 is 11.9 Å². The second-order valence-electron chi connectivity index (χ2n) is 3.98. The molecular weight excluding hydrogens is 260 g/mol. The molecule has 1 amide bonds. The maximum Gasteiger partial charge on any atom is 0.335 e. The molecule has 7 nitrogen and oxygen atoms in total. The summed E-state index contributed by atoms with van der Waals surface area (Å²) in [4.78, 5) is 29.9. The number of nitrogens with zero attached hydrogens (tertiary/aromatic N) is 2. The van der Waals surface area contributed by atoms with Crippen molar-refractivity contribution in [2.45, 2.75) is 6.54 Å². The molecule has 0 atom stereocenters. The van der Waals surface area contributed by atoms with E-state index in [-0.39, 0.29) is 17.1 Å². The smallest absolute Gasteiger partial charge is 0.335 e. The van der Waals surface area contributed by atoms with Crippen LogP contribution in [0, 0.1) is 0 Å². The van der Waals surface area contributed by atoms with Crippen molar-refractivity contribution in [3.63, 3.8) is 0 Å². The number of aromatic nitrogens is 2. The molecule has 1 aromatic carbocycles. The highest BCUT2D eigenvalue weighted by molar-refractivity contribution is 5.95. The minimum absolute atomic E-state index is 0.0434. The summed E-state index contributed by atoms with van der Waals surface area (Å²) in [7, 11) is 0. The summed E-state index contributed by atoms with van der Waals surface area (Å²) >= 11 is 0. The number of carboxylic acids is 1. The maximum absolute atomic E-state index is 11.2. The number of primary amides is 1. The fourth-order valence-electron chi connectivity index (χ4n) is 1.65. The number of nitrogens with one attached hydrogen (secondary N) is 1. The molecule has 0 unspecified atom stereocenters. The van der Waals surface area contributed by atoms with Crippen LogP contribution in [0.2, 0.25) is 0 Å². The highest BCUT2D eigenvalue weighted by atomic mass is 16.4. The number of benzene rings is 1. The zero-order valence-electron chi connectivity index (χ0n) is 10.4. The first kappa shape index (κ1) is 13.5. The predicted octanol–water partition coefficient (Wildman–Crippen LogP) is 0.886. The molecule has 0 saturated heterocycles. The van der Waals surface area contributed by atoms with E-state index in [2.05, 4.69) is 15.3 Å². The number of carbonyl (C=O) groups is 2. The fourth-order valence-corrected chi connectivity index (χ4v) is 1.65. The van der Waals surface area contributed by atoms with Gasteiger partial charge in [-0.1, -0.05) is 12.1 Å². The third kappa shape index (κ3) is 3.08. The van der Waals surface area contributed by atoms with Crippen molar-refractivity contribution < 1.29 is 14.7 Å². The van der Waals surface area contributed by atoms with Gasteiger partial charge in [-0.3, -0.25) is 4.79 Å².